The molecule has 6 nitrogen and oxygen atoms in total. The maximum Gasteiger partial charge on any atom is 0.357 e. The van der Waals surface area contributed by atoms with E-state index in [0.717, 1.165) is 11.3 Å². The molecule has 0 amide bonds. The summed E-state index contributed by atoms with van der Waals surface area (Å²) in [6.07, 6.45) is 0. The number of para-hydroxylation sites is 1. The Kier molecular flexibility index (Phi) is 4.26. The largest absolute Gasteiger partial charge is 0.378 e. The van der Waals surface area contributed by atoms with Crippen molar-refractivity contribution >= 4 is 5.95 Å². The average molecular weight is 334 g/mol. The molecule has 1 aliphatic rings. The number of rotatable bonds is 3. The molecule has 1 saturated heterocycles. The van der Waals surface area contributed by atoms with Crippen LogP contribution in [0.2, 0.25) is 0 Å². The summed E-state index contributed by atoms with van der Waals surface area (Å²) >= 11 is 0. The lowest BCUT2D eigenvalue weighted by Gasteiger charge is -2.27. The van der Waals surface area contributed by atoms with E-state index in [1.807, 2.05) is 65.6 Å². The lowest BCUT2D eigenvalue weighted by atomic mass is 10.2. The average Bonchev–Trinajstić information content (AvgIpc) is 2.69. The molecule has 4 rings (SSSR count). The SMILES string of the molecule is O=c1nc(N2CCOCC2)nc(-c2ccccc2)n1-c1ccccc1. The van der Waals surface area contributed by atoms with Crippen LogP contribution >= 0.6 is 0 Å². The molecule has 2 heterocycles. The van der Waals surface area contributed by atoms with Crippen LogP contribution in [0.3, 0.4) is 0 Å². The van der Waals surface area contributed by atoms with Gasteiger partial charge in [0, 0.05) is 18.7 Å². The fourth-order valence-corrected chi connectivity index (χ4v) is 2.89. The lowest BCUT2D eigenvalue weighted by Crippen LogP contribution is -2.39. The molecular formula is C19H18N4O2. The molecular weight excluding hydrogens is 316 g/mol. The Labute approximate surface area is 145 Å². The van der Waals surface area contributed by atoms with Crippen LogP contribution in [0, 0.1) is 0 Å². The zero-order chi connectivity index (χ0) is 17.1. The summed E-state index contributed by atoms with van der Waals surface area (Å²) in [6.45, 7) is 2.60. The highest BCUT2D eigenvalue weighted by atomic mass is 16.5. The predicted molar refractivity (Wildman–Crippen MR) is 96.1 cm³/mol. The number of ether oxygens (including phenoxy) is 1. The van der Waals surface area contributed by atoms with Crippen molar-refractivity contribution in [1.82, 2.24) is 14.5 Å². The number of hydrogen-bond acceptors (Lipinski definition) is 5. The van der Waals surface area contributed by atoms with Crippen molar-refractivity contribution < 1.29 is 4.74 Å². The van der Waals surface area contributed by atoms with Crippen LogP contribution in [0.1, 0.15) is 0 Å². The molecule has 0 unspecified atom stereocenters. The van der Waals surface area contributed by atoms with Crippen LogP contribution in [-0.2, 0) is 4.74 Å². The van der Waals surface area contributed by atoms with Crippen LogP contribution in [0.15, 0.2) is 65.5 Å². The second-order valence-corrected chi connectivity index (χ2v) is 5.77. The summed E-state index contributed by atoms with van der Waals surface area (Å²) < 4.78 is 6.93. The van der Waals surface area contributed by atoms with Gasteiger partial charge in [0.2, 0.25) is 5.95 Å². The molecule has 3 aromatic rings. The van der Waals surface area contributed by atoms with Gasteiger partial charge in [0.25, 0.3) is 0 Å². The molecule has 2 aromatic carbocycles. The van der Waals surface area contributed by atoms with E-state index in [4.69, 9.17) is 9.72 Å². The molecule has 0 N–H and O–H groups in total. The van der Waals surface area contributed by atoms with Gasteiger partial charge < -0.3 is 9.64 Å². The first-order valence-electron chi connectivity index (χ1n) is 8.27. The van der Waals surface area contributed by atoms with E-state index in [9.17, 15) is 4.79 Å². The Morgan fingerprint density at radius 2 is 1.48 bits per heavy atom. The maximum absolute atomic E-state index is 12.8. The molecule has 0 radical (unpaired) electrons. The number of nitrogens with zero attached hydrogens (tertiary/aromatic N) is 4. The first-order chi connectivity index (χ1) is 12.3. The lowest BCUT2D eigenvalue weighted by molar-refractivity contribution is 0.122. The van der Waals surface area contributed by atoms with Crippen LogP contribution in [0.4, 0.5) is 5.95 Å². The van der Waals surface area contributed by atoms with Gasteiger partial charge in [-0.25, -0.2) is 9.36 Å². The molecule has 6 heteroatoms. The minimum Gasteiger partial charge on any atom is -0.378 e. The molecule has 25 heavy (non-hydrogen) atoms. The Hall–Kier alpha value is -2.99. The summed E-state index contributed by atoms with van der Waals surface area (Å²) in [4.78, 5) is 23.8. The standard InChI is InChI=1S/C19H18N4O2/c24-19-21-18(22-11-13-25-14-12-22)20-17(15-7-3-1-4-8-15)23(19)16-9-5-2-6-10-16/h1-10H,11-14H2. The van der Waals surface area contributed by atoms with E-state index in [1.165, 1.54) is 0 Å². The van der Waals surface area contributed by atoms with Gasteiger partial charge >= 0.3 is 5.69 Å². The van der Waals surface area contributed by atoms with Gasteiger partial charge in [-0.05, 0) is 12.1 Å². The van der Waals surface area contributed by atoms with E-state index in [2.05, 4.69) is 4.98 Å². The first kappa shape index (κ1) is 15.5. The van der Waals surface area contributed by atoms with E-state index in [1.54, 1.807) is 4.57 Å². The molecule has 0 atom stereocenters. The number of aromatic nitrogens is 3. The predicted octanol–water partition coefficient (Wildman–Crippen LogP) is 2.13. The zero-order valence-electron chi connectivity index (χ0n) is 13.7. The first-order valence-corrected chi connectivity index (χ1v) is 8.27. The van der Waals surface area contributed by atoms with Gasteiger partial charge in [-0.1, -0.05) is 48.5 Å². The van der Waals surface area contributed by atoms with Gasteiger partial charge in [-0.2, -0.15) is 9.97 Å². The summed E-state index contributed by atoms with van der Waals surface area (Å²) in [5, 5.41) is 0. The third kappa shape index (κ3) is 3.16. The van der Waals surface area contributed by atoms with Crippen molar-refractivity contribution in [1.29, 1.82) is 0 Å². The summed E-state index contributed by atoms with van der Waals surface area (Å²) in [5.41, 5.74) is 1.29. The van der Waals surface area contributed by atoms with E-state index in [0.29, 0.717) is 38.1 Å². The number of anilines is 1. The smallest absolute Gasteiger partial charge is 0.357 e. The van der Waals surface area contributed by atoms with E-state index < -0.39 is 0 Å². The fraction of sp³-hybridized carbons (Fsp3) is 0.211. The van der Waals surface area contributed by atoms with Crippen molar-refractivity contribution in [2.75, 3.05) is 31.2 Å². The minimum atomic E-state index is -0.332. The third-order valence-corrected chi connectivity index (χ3v) is 4.14. The van der Waals surface area contributed by atoms with Crippen molar-refractivity contribution in [2.24, 2.45) is 0 Å². The van der Waals surface area contributed by atoms with E-state index in [-0.39, 0.29) is 5.69 Å². The second kappa shape index (κ2) is 6.86. The normalized spacial score (nSPS) is 14.5. The highest BCUT2D eigenvalue weighted by Gasteiger charge is 2.19. The van der Waals surface area contributed by atoms with E-state index >= 15 is 0 Å². The van der Waals surface area contributed by atoms with Gasteiger partial charge in [0.05, 0.1) is 18.9 Å². The Morgan fingerprint density at radius 3 is 2.16 bits per heavy atom. The Morgan fingerprint density at radius 1 is 0.840 bits per heavy atom. The second-order valence-electron chi connectivity index (χ2n) is 5.77. The summed E-state index contributed by atoms with van der Waals surface area (Å²) in [5.74, 6) is 1.05. The third-order valence-electron chi connectivity index (χ3n) is 4.14. The minimum absolute atomic E-state index is 0.332. The number of benzene rings is 2. The molecule has 0 saturated carbocycles. The number of hydrogen-bond donors (Lipinski definition) is 0. The molecule has 126 valence electrons. The zero-order valence-corrected chi connectivity index (χ0v) is 13.7. The molecule has 1 aliphatic heterocycles. The van der Waals surface area contributed by atoms with Gasteiger partial charge in [-0.15, -0.1) is 0 Å². The molecule has 1 aromatic heterocycles. The molecule has 1 fully saturated rings. The number of morpholine rings is 1. The summed E-state index contributed by atoms with van der Waals surface area (Å²) in [6, 6.07) is 19.2. The fourth-order valence-electron chi connectivity index (χ4n) is 2.89. The monoisotopic (exact) mass is 334 g/mol. The van der Waals surface area contributed by atoms with Crippen LogP contribution < -0.4 is 10.6 Å². The van der Waals surface area contributed by atoms with Crippen LogP contribution in [-0.4, -0.2) is 40.8 Å². The van der Waals surface area contributed by atoms with Crippen molar-refractivity contribution in [3.8, 4) is 17.1 Å². The van der Waals surface area contributed by atoms with Gasteiger partial charge in [-0.3, -0.25) is 0 Å². The van der Waals surface area contributed by atoms with Crippen LogP contribution in [0.5, 0.6) is 0 Å². The highest BCUT2D eigenvalue weighted by molar-refractivity contribution is 5.59. The Bertz CT molecular complexity index is 904. The molecule has 0 bridgehead atoms. The van der Waals surface area contributed by atoms with Crippen LogP contribution in [0.25, 0.3) is 17.1 Å². The molecule has 0 spiro atoms. The topological polar surface area (TPSA) is 60.3 Å². The van der Waals surface area contributed by atoms with Gasteiger partial charge in [0.1, 0.15) is 0 Å². The maximum atomic E-state index is 12.8. The molecule has 0 aliphatic carbocycles. The highest BCUT2D eigenvalue weighted by Crippen LogP contribution is 2.21. The summed E-state index contributed by atoms with van der Waals surface area (Å²) in [7, 11) is 0. The van der Waals surface area contributed by atoms with Gasteiger partial charge in [0.15, 0.2) is 5.82 Å². The Balaban J connectivity index is 1.90. The quantitative estimate of drug-likeness (QED) is 0.734. The van der Waals surface area contributed by atoms with Crippen molar-refractivity contribution in [2.45, 2.75) is 0 Å². The van der Waals surface area contributed by atoms with Crippen molar-refractivity contribution in [3.05, 3.63) is 71.1 Å². The van der Waals surface area contributed by atoms with Crippen molar-refractivity contribution in [3.63, 3.8) is 0 Å².